The van der Waals surface area contributed by atoms with Crippen molar-refractivity contribution in [1.29, 1.82) is 0 Å². The first-order valence-electron chi connectivity index (χ1n) is 12.2. The predicted octanol–water partition coefficient (Wildman–Crippen LogP) is 3.58. The molecule has 3 aromatic carbocycles. The second-order valence-corrected chi connectivity index (χ2v) is 9.33. The number of aryl methyl sites for hydroxylation is 1. The molecule has 2 aromatic heterocycles. The number of benzene rings is 3. The summed E-state index contributed by atoms with van der Waals surface area (Å²) in [5.41, 5.74) is 3.66. The molecular weight excluding hydrogens is 466 g/mol. The number of aromatic amines is 2. The van der Waals surface area contributed by atoms with E-state index in [-0.39, 0.29) is 35.9 Å². The van der Waals surface area contributed by atoms with Crippen LogP contribution in [0.3, 0.4) is 0 Å². The Morgan fingerprint density at radius 2 is 1.59 bits per heavy atom. The summed E-state index contributed by atoms with van der Waals surface area (Å²) in [6, 6.07) is 23.1. The van der Waals surface area contributed by atoms with Crippen molar-refractivity contribution in [1.82, 2.24) is 20.1 Å². The van der Waals surface area contributed by atoms with Gasteiger partial charge in [-0.25, -0.2) is 4.68 Å². The summed E-state index contributed by atoms with van der Waals surface area (Å²) in [7, 11) is 4.00. The van der Waals surface area contributed by atoms with Gasteiger partial charge in [-0.15, -0.1) is 0 Å². The van der Waals surface area contributed by atoms with Gasteiger partial charge in [-0.2, -0.15) is 0 Å². The van der Waals surface area contributed by atoms with E-state index >= 15 is 0 Å². The molecule has 37 heavy (non-hydrogen) atoms. The van der Waals surface area contributed by atoms with Crippen LogP contribution in [-0.4, -0.2) is 41.3 Å². The summed E-state index contributed by atoms with van der Waals surface area (Å²) >= 11 is 0. The lowest BCUT2D eigenvalue weighted by Gasteiger charge is -2.20. The van der Waals surface area contributed by atoms with Crippen LogP contribution in [-0.2, 0) is 11.3 Å². The van der Waals surface area contributed by atoms with E-state index in [0.717, 1.165) is 27.7 Å². The Bertz CT molecular complexity index is 1680. The third-order valence-corrected chi connectivity index (χ3v) is 6.76. The summed E-state index contributed by atoms with van der Waals surface area (Å²) in [6.45, 7) is 0.477. The van der Waals surface area contributed by atoms with Crippen molar-refractivity contribution < 1.29 is 4.79 Å². The Kier molecular flexibility index (Phi) is 6.64. The molecule has 8 nitrogen and oxygen atoms in total. The molecule has 2 heterocycles. The Labute approximate surface area is 213 Å². The molecular formula is C29H29N5O3. The lowest BCUT2D eigenvalue weighted by Crippen LogP contribution is -2.33. The third kappa shape index (κ3) is 4.91. The first kappa shape index (κ1) is 24.1. The van der Waals surface area contributed by atoms with Crippen LogP contribution in [0.2, 0.25) is 0 Å². The van der Waals surface area contributed by atoms with Crippen LogP contribution >= 0.6 is 0 Å². The SMILES string of the molecule is CN(C)c1ccc(C(CNC(=O)CCn2[nH]c(=O)c3ccccc3c2=O)c2c[nH]c3ccccc23)cc1. The van der Waals surface area contributed by atoms with Crippen LogP contribution in [0.4, 0.5) is 5.69 Å². The molecule has 5 rings (SSSR count). The van der Waals surface area contributed by atoms with Crippen molar-refractivity contribution in [2.24, 2.45) is 0 Å². The van der Waals surface area contributed by atoms with E-state index in [4.69, 9.17) is 0 Å². The lowest BCUT2D eigenvalue weighted by atomic mass is 9.90. The number of nitrogens with zero attached hydrogens (tertiary/aromatic N) is 2. The van der Waals surface area contributed by atoms with Gasteiger partial charge in [0.2, 0.25) is 5.91 Å². The van der Waals surface area contributed by atoms with Gasteiger partial charge in [0.15, 0.2) is 0 Å². The molecule has 188 valence electrons. The van der Waals surface area contributed by atoms with Gasteiger partial charge < -0.3 is 15.2 Å². The molecule has 0 radical (unpaired) electrons. The van der Waals surface area contributed by atoms with Crippen LogP contribution in [0.1, 0.15) is 23.5 Å². The van der Waals surface area contributed by atoms with Crippen LogP contribution in [0.5, 0.6) is 0 Å². The van der Waals surface area contributed by atoms with E-state index in [1.807, 2.05) is 43.4 Å². The van der Waals surface area contributed by atoms with Crippen LogP contribution in [0, 0.1) is 0 Å². The summed E-state index contributed by atoms with van der Waals surface area (Å²) in [5.74, 6) is -0.268. The minimum Gasteiger partial charge on any atom is -0.378 e. The lowest BCUT2D eigenvalue weighted by molar-refractivity contribution is -0.121. The average molecular weight is 496 g/mol. The number of hydrogen-bond donors (Lipinski definition) is 3. The molecule has 3 N–H and O–H groups in total. The molecule has 1 amide bonds. The van der Waals surface area contributed by atoms with Crippen molar-refractivity contribution >= 4 is 33.3 Å². The van der Waals surface area contributed by atoms with Crippen molar-refractivity contribution in [3.63, 3.8) is 0 Å². The highest BCUT2D eigenvalue weighted by atomic mass is 16.2. The summed E-state index contributed by atoms with van der Waals surface area (Å²) in [4.78, 5) is 43.3. The smallest absolute Gasteiger partial charge is 0.273 e. The minimum absolute atomic E-state index is 0.0638. The standard InChI is InChI=1S/C29H29N5O3/c1-33(2)20-13-11-19(12-14-20)24(25-18-30-26-10-6-5-7-21(25)26)17-31-27(35)15-16-34-29(37)23-9-4-3-8-22(23)28(36)32-34/h3-14,18,24,30H,15-17H2,1-2H3,(H,31,35)(H,32,36). The largest absolute Gasteiger partial charge is 0.378 e. The molecule has 0 spiro atoms. The van der Waals surface area contributed by atoms with Gasteiger partial charge in [0.1, 0.15) is 0 Å². The van der Waals surface area contributed by atoms with Crippen molar-refractivity contribution in [3.05, 3.63) is 111 Å². The number of nitrogens with one attached hydrogen (secondary N) is 3. The number of carbonyl (C=O) groups is 1. The Hall–Kier alpha value is -4.59. The number of para-hydroxylation sites is 1. The van der Waals surface area contributed by atoms with Crippen molar-refractivity contribution in [2.45, 2.75) is 18.9 Å². The average Bonchev–Trinajstić information content (AvgIpc) is 3.34. The summed E-state index contributed by atoms with van der Waals surface area (Å²) < 4.78 is 1.21. The number of carbonyl (C=O) groups excluding carboxylic acids is 1. The highest BCUT2D eigenvalue weighted by Gasteiger charge is 2.19. The summed E-state index contributed by atoms with van der Waals surface area (Å²) in [6.07, 6.45) is 2.06. The van der Waals surface area contributed by atoms with Gasteiger partial charge in [0, 0.05) is 55.8 Å². The number of rotatable bonds is 8. The number of hydrogen-bond acceptors (Lipinski definition) is 4. The zero-order valence-corrected chi connectivity index (χ0v) is 20.8. The predicted molar refractivity (Wildman–Crippen MR) is 147 cm³/mol. The maximum absolute atomic E-state index is 12.9. The highest BCUT2D eigenvalue weighted by molar-refractivity contribution is 5.84. The van der Waals surface area contributed by atoms with E-state index < -0.39 is 0 Å². The number of H-pyrrole nitrogens is 2. The molecule has 0 bridgehead atoms. The Morgan fingerprint density at radius 3 is 2.32 bits per heavy atom. The Morgan fingerprint density at radius 1 is 0.919 bits per heavy atom. The van der Waals surface area contributed by atoms with Gasteiger partial charge in [0.05, 0.1) is 17.3 Å². The first-order valence-corrected chi connectivity index (χ1v) is 12.2. The van der Waals surface area contributed by atoms with E-state index in [0.29, 0.717) is 17.3 Å². The second kappa shape index (κ2) is 10.2. The van der Waals surface area contributed by atoms with Gasteiger partial charge >= 0.3 is 0 Å². The molecule has 0 aliphatic heterocycles. The molecule has 0 aliphatic carbocycles. The fourth-order valence-electron chi connectivity index (χ4n) is 4.72. The van der Waals surface area contributed by atoms with E-state index in [2.05, 4.69) is 45.7 Å². The highest BCUT2D eigenvalue weighted by Crippen LogP contribution is 2.31. The maximum Gasteiger partial charge on any atom is 0.273 e. The molecule has 0 fully saturated rings. The van der Waals surface area contributed by atoms with E-state index in [1.165, 1.54) is 4.68 Å². The third-order valence-electron chi connectivity index (χ3n) is 6.76. The normalized spacial score (nSPS) is 12.1. The molecule has 8 heteroatoms. The first-order chi connectivity index (χ1) is 17.9. The van der Waals surface area contributed by atoms with Crippen LogP contribution in [0.15, 0.2) is 88.6 Å². The van der Waals surface area contributed by atoms with Gasteiger partial charge in [-0.1, -0.05) is 42.5 Å². The number of aromatic nitrogens is 3. The minimum atomic E-state index is -0.351. The maximum atomic E-state index is 12.9. The quantitative estimate of drug-likeness (QED) is 0.306. The van der Waals surface area contributed by atoms with Crippen LogP contribution < -0.4 is 21.3 Å². The molecule has 1 atom stereocenters. The fraction of sp³-hybridized carbons (Fsp3) is 0.207. The van der Waals surface area contributed by atoms with Gasteiger partial charge in [0.25, 0.3) is 11.1 Å². The van der Waals surface area contributed by atoms with E-state index in [1.54, 1.807) is 24.3 Å². The zero-order chi connectivity index (χ0) is 25.9. The van der Waals surface area contributed by atoms with E-state index in [9.17, 15) is 14.4 Å². The van der Waals surface area contributed by atoms with Gasteiger partial charge in [-0.05, 0) is 41.5 Å². The second-order valence-electron chi connectivity index (χ2n) is 9.33. The topological polar surface area (TPSA) is 103 Å². The number of fused-ring (bicyclic) bond motifs is 2. The van der Waals surface area contributed by atoms with Crippen molar-refractivity contribution in [2.75, 3.05) is 25.5 Å². The van der Waals surface area contributed by atoms with Gasteiger partial charge in [-0.3, -0.25) is 19.5 Å². The van der Waals surface area contributed by atoms with Crippen LogP contribution in [0.25, 0.3) is 21.7 Å². The Balaban J connectivity index is 1.35. The molecule has 0 aliphatic rings. The monoisotopic (exact) mass is 495 g/mol. The number of anilines is 1. The molecule has 0 saturated carbocycles. The number of amides is 1. The molecule has 1 unspecified atom stereocenters. The fourth-order valence-corrected chi connectivity index (χ4v) is 4.72. The molecule has 5 aromatic rings. The zero-order valence-electron chi connectivity index (χ0n) is 20.8. The molecule has 0 saturated heterocycles. The van der Waals surface area contributed by atoms with Crippen molar-refractivity contribution in [3.8, 4) is 0 Å². The summed E-state index contributed by atoms with van der Waals surface area (Å²) in [5, 5.41) is 7.42.